The van der Waals surface area contributed by atoms with Crippen molar-refractivity contribution in [1.29, 1.82) is 0 Å². The van der Waals surface area contributed by atoms with Crippen molar-refractivity contribution >= 4 is 5.97 Å². The van der Waals surface area contributed by atoms with Gasteiger partial charge in [0.2, 0.25) is 0 Å². The van der Waals surface area contributed by atoms with Gasteiger partial charge in [0.05, 0.1) is 5.56 Å². The quantitative estimate of drug-likeness (QED) is 0.594. The van der Waals surface area contributed by atoms with E-state index in [1.807, 2.05) is 12.1 Å². The SMILES string of the molecule is CC1CCC(C)C(OOC(=O)c2ccc(C(C)C)cc2)C1. The molecule has 0 aliphatic heterocycles. The Labute approximate surface area is 127 Å². The maximum Gasteiger partial charge on any atom is 0.373 e. The summed E-state index contributed by atoms with van der Waals surface area (Å²) in [5.74, 6) is 1.12. The van der Waals surface area contributed by atoms with Crippen LogP contribution in [0.15, 0.2) is 24.3 Å². The molecule has 116 valence electrons. The molecule has 0 aromatic heterocycles. The third-order valence-corrected chi connectivity index (χ3v) is 4.44. The van der Waals surface area contributed by atoms with E-state index in [-0.39, 0.29) is 6.10 Å². The Morgan fingerprint density at radius 3 is 2.43 bits per heavy atom. The first kappa shape index (κ1) is 16.0. The smallest absolute Gasteiger partial charge is 0.293 e. The van der Waals surface area contributed by atoms with E-state index in [4.69, 9.17) is 9.78 Å². The summed E-state index contributed by atoms with van der Waals surface area (Å²) in [5, 5.41) is 0. The fourth-order valence-corrected chi connectivity index (χ4v) is 2.77. The molecule has 1 aromatic rings. The Bertz CT molecular complexity index is 464. The molecular weight excluding hydrogens is 264 g/mol. The van der Waals surface area contributed by atoms with Crippen molar-refractivity contribution in [2.45, 2.75) is 59.0 Å². The van der Waals surface area contributed by atoms with E-state index in [0.717, 1.165) is 12.8 Å². The molecule has 0 radical (unpaired) electrons. The van der Waals surface area contributed by atoms with E-state index in [1.165, 1.54) is 12.0 Å². The average molecular weight is 290 g/mol. The number of rotatable bonds is 4. The molecule has 1 fully saturated rings. The van der Waals surface area contributed by atoms with Crippen LogP contribution in [-0.2, 0) is 9.78 Å². The lowest BCUT2D eigenvalue weighted by Crippen LogP contribution is -2.30. The summed E-state index contributed by atoms with van der Waals surface area (Å²) >= 11 is 0. The molecule has 0 spiro atoms. The van der Waals surface area contributed by atoms with Crippen LogP contribution in [0.3, 0.4) is 0 Å². The van der Waals surface area contributed by atoms with Crippen molar-refractivity contribution in [3.8, 4) is 0 Å². The van der Waals surface area contributed by atoms with Crippen molar-refractivity contribution in [2.24, 2.45) is 11.8 Å². The molecule has 1 aliphatic rings. The first-order valence-electron chi connectivity index (χ1n) is 7.95. The summed E-state index contributed by atoms with van der Waals surface area (Å²) in [5.41, 5.74) is 1.75. The van der Waals surface area contributed by atoms with Crippen molar-refractivity contribution in [3.05, 3.63) is 35.4 Å². The Balaban J connectivity index is 1.89. The number of hydrogen-bond donors (Lipinski definition) is 0. The van der Waals surface area contributed by atoms with Gasteiger partial charge < -0.3 is 0 Å². The van der Waals surface area contributed by atoms with Gasteiger partial charge in [-0.15, -0.1) is 0 Å². The lowest BCUT2D eigenvalue weighted by atomic mass is 9.82. The van der Waals surface area contributed by atoms with Crippen LogP contribution in [0, 0.1) is 11.8 Å². The molecule has 3 heteroatoms. The van der Waals surface area contributed by atoms with Gasteiger partial charge in [0.25, 0.3) is 0 Å². The van der Waals surface area contributed by atoms with Gasteiger partial charge in [-0.1, -0.05) is 46.2 Å². The second kappa shape index (κ2) is 7.08. The highest BCUT2D eigenvalue weighted by Crippen LogP contribution is 2.30. The fraction of sp³-hybridized carbons (Fsp3) is 0.611. The molecule has 3 nitrogen and oxygen atoms in total. The molecule has 0 N–H and O–H groups in total. The second-order valence-corrected chi connectivity index (χ2v) is 6.68. The normalized spacial score (nSPS) is 25.9. The fourth-order valence-electron chi connectivity index (χ4n) is 2.77. The zero-order valence-electron chi connectivity index (χ0n) is 13.5. The average Bonchev–Trinajstić information content (AvgIpc) is 2.48. The van der Waals surface area contributed by atoms with Gasteiger partial charge >= 0.3 is 5.97 Å². The maximum atomic E-state index is 12.0. The molecule has 1 aliphatic carbocycles. The van der Waals surface area contributed by atoms with Crippen LogP contribution in [0.5, 0.6) is 0 Å². The van der Waals surface area contributed by atoms with Crippen LogP contribution in [-0.4, -0.2) is 12.1 Å². The van der Waals surface area contributed by atoms with Crippen LogP contribution >= 0.6 is 0 Å². The largest absolute Gasteiger partial charge is 0.373 e. The molecule has 0 heterocycles. The van der Waals surface area contributed by atoms with Gasteiger partial charge in [0, 0.05) is 0 Å². The minimum atomic E-state index is -0.407. The summed E-state index contributed by atoms with van der Waals surface area (Å²) in [6, 6.07) is 7.53. The Hall–Kier alpha value is -1.35. The van der Waals surface area contributed by atoms with Crippen molar-refractivity contribution in [3.63, 3.8) is 0 Å². The van der Waals surface area contributed by atoms with Gasteiger partial charge in [-0.2, -0.15) is 4.89 Å². The van der Waals surface area contributed by atoms with Crippen LogP contribution in [0.4, 0.5) is 0 Å². The second-order valence-electron chi connectivity index (χ2n) is 6.68. The number of benzene rings is 1. The minimum absolute atomic E-state index is 0.0210. The summed E-state index contributed by atoms with van der Waals surface area (Å²) in [7, 11) is 0. The molecular formula is C18H26O3. The van der Waals surface area contributed by atoms with Crippen LogP contribution in [0.25, 0.3) is 0 Å². The van der Waals surface area contributed by atoms with Gasteiger partial charge in [0.15, 0.2) is 0 Å². The third-order valence-electron chi connectivity index (χ3n) is 4.44. The van der Waals surface area contributed by atoms with E-state index in [1.54, 1.807) is 12.1 Å². The number of carbonyl (C=O) groups is 1. The molecule has 0 saturated heterocycles. The predicted molar refractivity (Wildman–Crippen MR) is 83.0 cm³/mol. The summed E-state index contributed by atoms with van der Waals surface area (Å²) < 4.78 is 0. The number of carbonyl (C=O) groups excluding carboxylic acids is 1. The monoisotopic (exact) mass is 290 g/mol. The van der Waals surface area contributed by atoms with Crippen molar-refractivity contribution in [2.75, 3.05) is 0 Å². The molecule has 0 amide bonds. The summed E-state index contributed by atoms with van der Waals surface area (Å²) in [6.07, 6.45) is 3.34. The first-order valence-corrected chi connectivity index (χ1v) is 7.95. The topological polar surface area (TPSA) is 35.5 Å². The van der Waals surface area contributed by atoms with E-state index < -0.39 is 5.97 Å². The summed E-state index contributed by atoms with van der Waals surface area (Å²) in [4.78, 5) is 22.5. The predicted octanol–water partition coefficient (Wildman–Crippen LogP) is 4.72. The zero-order valence-corrected chi connectivity index (χ0v) is 13.5. The van der Waals surface area contributed by atoms with Crippen LogP contribution < -0.4 is 0 Å². The third kappa shape index (κ3) is 4.31. The molecule has 3 unspecified atom stereocenters. The molecule has 1 saturated carbocycles. The van der Waals surface area contributed by atoms with E-state index >= 15 is 0 Å². The van der Waals surface area contributed by atoms with Gasteiger partial charge in [-0.05, 0) is 48.3 Å². The van der Waals surface area contributed by atoms with Gasteiger partial charge in [0.1, 0.15) is 6.10 Å². The highest BCUT2D eigenvalue weighted by Gasteiger charge is 2.28. The lowest BCUT2D eigenvalue weighted by Gasteiger charge is -2.30. The lowest BCUT2D eigenvalue weighted by molar-refractivity contribution is -0.291. The Morgan fingerprint density at radius 2 is 1.81 bits per heavy atom. The molecule has 0 bridgehead atoms. The van der Waals surface area contributed by atoms with E-state index in [9.17, 15) is 4.79 Å². The number of hydrogen-bond acceptors (Lipinski definition) is 3. The minimum Gasteiger partial charge on any atom is -0.293 e. The molecule has 2 rings (SSSR count). The van der Waals surface area contributed by atoms with Crippen LogP contribution in [0.2, 0.25) is 0 Å². The van der Waals surface area contributed by atoms with Crippen molar-refractivity contribution in [1.82, 2.24) is 0 Å². The highest BCUT2D eigenvalue weighted by atomic mass is 17.2. The van der Waals surface area contributed by atoms with Crippen LogP contribution in [0.1, 0.15) is 68.8 Å². The summed E-state index contributed by atoms with van der Waals surface area (Å²) in [6.45, 7) is 8.63. The standard InChI is InChI=1S/C18H26O3/c1-12(2)15-7-9-16(10-8-15)18(19)21-20-17-11-13(3)5-6-14(17)4/h7-10,12-14,17H,5-6,11H2,1-4H3. The van der Waals surface area contributed by atoms with Gasteiger partial charge in [-0.3, -0.25) is 4.89 Å². The van der Waals surface area contributed by atoms with Crippen molar-refractivity contribution < 1.29 is 14.6 Å². The zero-order chi connectivity index (χ0) is 15.4. The molecule has 3 atom stereocenters. The molecule has 1 aromatic carbocycles. The first-order chi connectivity index (χ1) is 9.97. The van der Waals surface area contributed by atoms with Gasteiger partial charge in [-0.25, -0.2) is 4.79 Å². The van der Waals surface area contributed by atoms with E-state index in [2.05, 4.69) is 27.7 Å². The Morgan fingerprint density at radius 1 is 1.14 bits per heavy atom. The van der Waals surface area contributed by atoms with E-state index in [0.29, 0.717) is 23.3 Å². The Kier molecular flexibility index (Phi) is 5.40. The molecule has 21 heavy (non-hydrogen) atoms. The maximum absolute atomic E-state index is 12.0. The highest BCUT2D eigenvalue weighted by molar-refractivity contribution is 5.88.